The van der Waals surface area contributed by atoms with E-state index in [4.69, 9.17) is 4.74 Å². The number of esters is 1. The van der Waals surface area contributed by atoms with Crippen LogP contribution in [0.1, 0.15) is 18.1 Å². The average Bonchev–Trinajstić information content (AvgIpc) is 2.90. The number of aliphatic hydroxyl groups is 1. The summed E-state index contributed by atoms with van der Waals surface area (Å²) in [5.41, 5.74) is -1.71. The van der Waals surface area contributed by atoms with Gasteiger partial charge in [0.2, 0.25) is 12.1 Å². The molecule has 150 valence electrons. The Bertz CT molecular complexity index is 958. The molecule has 0 spiro atoms. The van der Waals surface area contributed by atoms with Crippen molar-refractivity contribution in [3.05, 3.63) is 87.5 Å². The lowest BCUT2D eigenvalue weighted by atomic mass is 9.93. The number of benzene rings is 2. The van der Waals surface area contributed by atoms with Crippen LogP contribution >= 0.6 is 0 Å². The number of rotatable bonds is 7. The van der Waals surface area contributed by atoms with E-state index in [1.807, 2.05) is 6.07 Å². The SMILES string of the molecule is CCOC(=O)C1=C(c2ccccc2)N(Cc2ccccc2)C(=O)[C@@]1(O)C[N+](=O)[O-]. The van der Waals surface area contributed by atoms with Crippen LogP contribution in [0.5, 0.6) is 0 Å². The van der Waals surface area contributed by atoms with E-state index in [1.54, 1.807) is 61.5 Å². The van der Waals surface area contributed by atoms with Crippen LogP contribution in [-0.4, -0.2) is 45.6 Å². The summed E-state index contributed by atoms with van der Waals surface area (Å²) in [7, 11) is 0. The van der Waals surface area contributed by atoms with E-state index in [9.17, 15) is 24.8 Å². The molecule has 0 aliphatic carbocycles. The lowest BCUT2D eigenvalue weighted by molar-refractivity contribution is -0.494. The third-order valence-electron chi connectivity index (χ3n) is 4.59. The fourth-order valence-corrected chi connectivity index (χ4v) is 3.38. The predicted octanol–water partition coefficient (Wildman–Crippen LogP) is 2.01. The topological polar surface area (TPSA) is 110 Å². The number of nitro groups is 1. The van der Waals surface area contributed by atoms with E-state index < -0.39 is 34.5 Å². The largest absolute Gasteiger partial charge is 0.462 e. The quantitative estimate of drug-likeness (QED) is 0.436. The molecule has 0 saturated heterocycles. The van der Waals surface area contributed by atoms with Gasteiger partial charge in [-0.05, 0) is 18.1 Å². The second-order valence-electron chi connectivity index (χ2n) is 6.54. The van der Waals surface area contributed by atoms with Crippen molar-refractivity contribution in [1.82, 2.24) is 4.90 Å². The molecule has 3 rings (SSSR count). The van der Waals surface area contributed by atoms with Gasteiger partial charge < -0.3 is 14.7 Å². The molecular weight excluding hydrogens is 376 g/mol. The number of nitrogens with zero attached hydrogens (tertiary/aromatic N) is 2. The van der Waals surface area contributed by atoms with Crippen molar-refractivity contribution in [3.63, 3.8) is 0 Å². The summed E-state index contributed by atoms with van der Waals surface area (Å²) in [5, 5.41) is 22.3. The molecule has 1 atom stereocenters. The predicted molar refractivity (Wildman–Crippen MR) is 104 cm³/mol. The van der Waals surface area contributed by atoms with Gasteiger partial charge in [0.25, 0.3) is 5.91 Å². The normalized spacial score (nSPS) is 18.8. The summed E-state index contributed by atoms with van der Waals surface area (Å²) < 4.78 is 5.04. The molecule has 0 unspecified atom stereocenters. The molecule has 1 amide bonds. The van der Waals surface area contributed by atoms with Gasteiger partial charge in [0, 0.05) is 4.92 Å². The smallest absolute Gasteiger partial charge is 0.339 e. The summed E-state index contributed by atoms with van der Waals surface area (Å²) in [4.78, 5) is 37.6. The molecule has 2 aromatic carbocycles. The van der Waals surface area contributed by atoms with E-state index in [0.29, 0.717) is 5.56 Å². The Morgan fingerprint density at radius 3 is 2.28 bits per heavy atom. The fourth-order valence-electron chi connectivity index (χ4n) is 3.38. The van der Waals surface area contributed by atoms with Crippen LogP contribution in [0, 0.1) is 10.1 Å². The van der Waals surface area contributed by atoms with Crippen molar-refractivity contribution in [1.29, 1.82) is 0 Å². The van der Waals surface area contributed by atoms with Gasteiger partial charge in [-0.15, -0.1) is 0 Å². The van der Waals surface area contributed by atoms with Crippen LogP contribution < -0.4 is 0 Å². The Balaban J connectivity index is 2.22. The maximum Gasteiger partial charge on any atom is 0.339 e. The van der Waals surface area contributed by atoms with Crippen LogP contribution in [-0.2, 0) is 20.9 Å². The molecule has 8 nitrogen and oxygen atoms in total. The van der Waals surface area contributed by atoms with Crippen molar-refractivity contribution in [2.24, 2.45) is 0 Å². The van der Waals surface area contributed by atoms with E-state index in [1.165, 1.54) is 4.90 Å². The van der Waals surface area contributed by atoms with Gasteiger partial charge in [0.15, 0.2) is 0 Å². The molecule has 2 aromatic rings. The average molecular weight is 396 g/mol. The molecular formula is C21H20N2O6. The highest BCUT2D eigenvalue weighted by molar-refractivity contribution is 6.15. The lowest BCUT2D eigenvalue weighted by Crippen LogP contribution is -2.49. The first kappa shape index (κ1) is 20.2. The lowest BCUT2D eigenvalue weighted by Gasteiger charge is -2.22. The number of carbonyl (C=O) groups is 2. The van der Waals surface area contributed by atoms with Crippen molar-refractivity contribution < 1.29 is 24.4 Å². The highest BCUT2D eigenvalue weighted by atomic mass is 16.6. The summed E-state index contributed by atoms with van der Waals surface area (Å²) in [6.07, 6.45) is 0. The Morgan fingerprint density at radius 1 is 1.14 bits per heavy atom. The maximum atomic E-state index is 13.2. The third kappa shape index (κ3) is 3.88. The zero-order chi connectivity index (χ0) is 21.0. The minimum atomic E-state index is -2.62. The number of ether oxygens (including phenoxy) is 1. The van der Waals surface area contributed by atoms with Gasteiger partial charge in [0.05, 0.1) is 18.8 Å². The molecule has 29 heavy (non-hydrogen) atoms. The van der Waals surface area contributed by atoms with Gasteiger partial charge in [-0.25, -0.2) is 4.79 Å². The highest BCUT2D eigenvalue weighted by Crippen LogP contribution is 2.40. The summed E-state index contributed by atoms with van der Waals surface area (Å²) >= 11 is 0. The Labute approximate surface area is 167 Å². The van der Waals surface area contributed by atoms with Crippen LogP contribution in [0.3, 0.4) is 0 Å². The van der Waals surface area contributed by atoms with Crippen molar-refractivity contribution in [2.75, 3.05) is 13.2 Å². The minimum Gasteiger partial charge on any atom is -0.462 e. The Morgan fingerprint density at radius 2 is 1.72 bits per heavy atom. The maximum absolute atomic E-state index is 13.2. The molecule has 0 bridgehead atoms. The Kier molecular flexibility index (Phi) is 5.74. The van der Waals surface area contributed by atoms with Crippen molar-refractivity contribution >= 4 is 17.6 Å². The van der Waals surface area contributed by atoms with Gasteiger partial charge in [-0.1, -0.05) is 60.7 Å². The Hall–Kier alpha value is -3.52. The molecule has 1 aliphatic rings. The first-order valence-electron chi connectivity index (χ1n) is 9.06. The number of carbonyl (C=O) groups excluding carboxylic acids is 2. The van der Waals surface area contributed by atoms with Crippen LogP contribution in [0.2, 0.25) is 0 Å². The number of hydrogen-bond donors (Lipinski definition) is 1. The minimum absolute atomic E-state index is 0.00811. The number of hydrogen-bond acceptors (Lipinski definition) is 6. The summed E-state index contributed by atoms with van der Waals surface area (Å²) in [6.45, 7) is 0.464. The third-order valence-corrected chi connectivity index (χ3v) is 4.59. The van der Waals surface area contributed by atoms with Gasteiger partial charge in [0.1, 0.15) is 5.57 Å². The summed E-state index contributed by atoms with van der Waals surface area (Å²) in [6, 6.07) is 17.5. The highest BCUT2D eigenvalue weighted by Gasteiger charge is 2.58. The second-order valence-corrected chi connectivity index (χ2v) is 6.54. The first-order chi connectivity index (χ1) is 13.9. The van der Waals surface area contributed by atoms with E-state index >= 15 is 0 Å². The molecule has 0 fully saturated rings. The van der Waals surface area contributed by atoms with Gasteiger partial charge in [-0.3, -0.25) is 14.9 Å². The standard InChI is InChI=1S/C21H20N2O6/c1-2-29-19(24)17-18(16-11-7-4-8-12-16)22(13-15-9-5-3-6-10-15)20(25)21(17,26)14-23(27)28/h3-12,26H,2,13-14H2,1H3/t21-/m1/s1. The van der Waals surface area contributed by atoms with E-state index in [0.717, 1.165) is 5.56 Å². The molecule has 8 heteroatoms. The first-order valence-corrected chi connectivity index (χ1v) is 9.06. The van der Waals surface area contributed by atoms with Gasteiger partial charge >= 0.3 is 5.97 Å². The fraction of sp³-hybridized carbons (Fsp3) is 0.238. The van der Waals surface area contributed by atoms with Crippen LogP contribution in [0.25, 0.3) is 5.70 Å². The monoisotopic (exact) mass is 396 g/mol. The molecule has 1 heterocycles. The van der Waals surface area contributed by atoms with Gasteiger partial charge in [-0.2, -0.15) is 0 Å². The van der Waals surface area contributed by atoms with E-state index in [-0.39, 0.29) is 18.8 Å². The van der Waals surface area contributed by atoms with Crippen molar-refractivity contribution in [2.45, 2.75) is 19.1 Å². The second kappa shape index (κ2) is 8.24. The zero-order valence-corrected chi connectivity index (χ0v) is 15.8. The molecule has 1 N–H and O–H groups in total. The van der Waals surface area contributed by atoms with Crippen LogP contribution in [0.4, 0.5) is 0 Å². The molecule has 0 aromatic heterocycles. The van der Waals surface area contributed by atoms with Crippen LogP contribution in [0.15, 0.2) is 66.2 Å². The van der Waals surface area contributed by atoms with E-state index in [2.05, 4.69) is 0 Å². The zero-order valence-electron chi connectivity index (χ0n) is 15.8. The summed E-state index contributed by atoms with van der Waals surface area (Å²) in [5.74, 6) is -1.89. The molecule has 1 aliphatic heterocycles. The van der Waals surface area contributed by atoms with Crippen molar-refractivity contribution in [3.8, 4) is 0 Å². The number of amides is 1. The molecule has 0 radical (unpaired) electrons. The molecule has 0 saturated carbocycles.